The minimum Gasteiger partial charge on any atom is -0.542 e. The highest BCUT2D eigenvalue weighted by atomic mass is 28.4. The average Bonchev–Trinajstić information content (AvgIpc) is 3.35. The Morgan fingerprint density at radius 2 is 0.824 bits per heavy atom. The normalized spacial score (nSPS) is 17.4. The van der Waals surface area contributed by atoms with Crippen molar-refractivity contribution in [3.8, 4) is 0 Å². The Morgan fingerprint density at radius 3 is 1.06 bits per heavy atom. The summed E-state index contributed by atoms with van der Waals surface area (Å²) in [5, 5.41) is 0. The number of hydrogen-bond acceptors (Lipinski definition) is 2. The van der Waals surface area contributed by atoms with Gasteiger partial charge in [0, 0.05) is 12.2 Å². The molecule has 34 heavy (non-hydrogen) atoms. The van der Waals surface area contributed by atoms with Gasteiger partial charge in [-0.15, -0.1) is 0 Å². The van der Waals surface area contributed by atoms with Crippen molar-refractivity contribution in [2.24, 2.45) is 0 Å². The predicted molar refractivity (Wildman–Crippen MR) is 152 cm³/mol. The lowest BCUT2D eigenvalue weighted by atomic mass is 10.0. The fourth-order valence-electron chi connectivity index (χ4n) is 6.91. The van der Waals surface area contributed by atoms with Crippen molar-refractivity contribution in [2.75, 3.05) is 0 Å². The highest BCUT2D eigenvalue weighted by Gasteiger charge is 2.49. The first-order valence-electron chi connectivity index (χ1n) is 13.8. The topological polar surface area (TPSA) is 18.5 Å². The van der Waals surface area contributed by atoms with Crippen LogP contribution in [0.1, 0.15) is 109 Å². The molecule has 0 unspecified atom stereocenters. The summed E-state index contributed by atoms with van der Waals surface area (Å²) in [6.45, 7) is 28.3. The Labute approximate surface area is 214 Å². The van der Waals surface area contributed by atoms with E-state index in [1.54, 1.807) is 0 Å². The zero-order valence-electron chi connectivity index (χ0n) is 24.3. The molecule has 2 aliphatic carbocycles. The first kappa shape index (κ1) is 29.2. The lowest BCUT2D eigenvalue weighted by molar-refractivity contribution is 0.371. The van der Waals surface area contributed by atoms with Crippen LogP contribution in [-0.2, 0) is 8.85 Å². The van der Waals surface area contributed by atoms with E-state index < -0.39 is 16.6 Å². The molecule has 2 radical (unpaired) electrons. The fraction of sp³-hybridized carbons (Fsp3) is 0.733. The van der Waals surface area contributed by atoms with Gasteiger partial charge in [0.25, 0.3) is 16.6 Å². The summed E-state index contributed by atoms with van der Waals surface area (Å²) in [4.78, 5) is 0. The molecule has 0 saturated heterocycles. The van der Waals surface area contributed by atoms with Crippen LogP contribution in [0.3, 0.4) is 0 Å². The van der Waals surface area contributed by atoms with Gasteiger partial charge in [0.2, 0.25) is 0 Å². The van der Waals surface area contributed by atoms with Crippen LogP contribution in [0.5, 0.6) is 0 Å². The molecule has 0 aromatic heterocycles. The van der Waals surface area contributed by atoms with Gasteiger partial charge in [0.1, 0.15) is 11.5 Å². The van der Waals surface area contributed by atoms with E-state index in [-0.39, 0.29) is 0 Å². The van der Waals surface area contributed by atoms with Gasteiger partial charge in [-0.25, -0.2) is 0 Å². The molecular weight excluding hydrogens is 449 g/mol. The van der Waals surface area contributed by atoms with E-state index in [1.807, 2.05) is 0 Å². The third-order valence-electron chi connectivity index (χ3n) is 8.44. The van der Waals surface area contributed by atoms with Crippen LogP contribution in [0.4, 0.5) is 0 Å². The summed E-state index contributed by atoms with van der Waals surface area (Å²) in [7, 11) is -3.94. The molecule has 0 amide bonds. The summed E-state index contributed by atoms with van der Waals surface area (Å²) in [5.74, 6) is 2.10. The van der Waals surface area contributed by atoms with Gasteiger partial charge in [-0.3, -0.25) is 0 Å². The molecule has 0 aromatic rings. The van der Waals surface area contributed by atoms with Crippen LogP contribution in [0.2, 0.25) is 33.2 Å². The van der Waals surface area contributed by atoms with Crippen LogP contribution in [0, 0.1) is 12.2 Å². The van der Waals surface area contributed by atoms with E-state index in [0.29, 0.717) is 33.2 Å². The Hall–Kier alpha value is -1.01. The fourth-order valence-corrected chi connectivity index (χ4v) is 17.4. The SMILES string of the molecule is CC(C)[Si](OC1=[C]CC=C1CCC1=CC[C]=C1O[Si](C(C)C)(C(C)C)C(C)C)(C(C)C)C(C)C. The van der Waals surface area contributed by atoms with Gasteiger partial charge < -0.3 is 8.85 Å². The van der Waals surface area contributed by atoms with E-state index in [0.717, 1.165) is 37.2 Å². The van der Waals surface area contributed by atoms with E-state index in [4.69, 9.17) is 8.85 Å². The summed E-state index contributed by atoms with van der Waals surface area (Å²) in [6, 6.07) is 0. The summed E-state index contributed by atoms with van der Waals surface area (Å²) < 4.78 is 14.0. The van der Waals surface area contributed by atoms with E-state index in [9.17, 15) is 0 Å². The smallest absolute Gasteiger partial charge is 0.258 e. The largest absolute Gasteiger partial charge is 0.542 e. The predicted octanol–water partition coefficient (Wildman–Crippen LogP) is 10.2. The van der Waals surface area contributed by atoms with Crippen LogP contribution in [0.15, 0.2) is 34.8 Å². The van der Waals surface area contributed by atoms with Gasteiger partial charge in [-0.05, 0) is 70.1 Å². The molecule has 192 valence electrons. The molecule has 4 heteroatoms. The molecule has 0 spiro atoms. The lowest BCUT2D eigenvalue weighted by Gasteiger charge is -2.43. The van der Waals surface area contributed by atoms with Gasteiger partial charge in [0.15, 0.2) is 0 Å². The molecular formula is C30H52O2Si2. The maximum absolute atomic E-state index is 7.02. The molecule has 2 aliphatic rings. The molecule has 0 atom stereocenters. The maximum atomic E-state index is 7.02. The third kappa shape index (κ3) is 5.69. The van der Waals surface area contributed by atoms with Gasteiger partial charge >= 0.3 is 0 Å². The van der Waals surface area contributed by atoms with Gasteiger partial charge in [0.05, 0.1) is 0 Å². The number of hydrogen-bond donors (Lipinski definition) is 0. The van der Waals surface area contributed by atoms with Crippen molar-refractivity contribution in [1.82, 2.24) is 0 Å². The lowest BCUT2D eigenvalue weighted by Crippen LogP contribution is -2.47. The zero-order chi connectivity index (χ0) is 25.8. The molecule has 2 rings (SSSR count). The van der Waals surface area contributed by atoms with E-state index in [2.05, 4.69) is 107 Å². The molecule has 0 N–H and O–H groups in total. The van der Waals surface area contributed by atoms with Crippen molar-refractivity contribution in [3.05, 3.63) is 47.0 Å². The standard InChI is InChI=1S/C30H52O2Si2/c1-21(2)33(22(3)4,23(5)6)31-29-17-13-15-27(29)19-20-28-16-14-18-30(28)32-34(24(7)8,25(9)10)26(11)12/h15-16,21-26H,13-14,19-20H2,1-12H3. The van der Waals surface area contributed by atoms with Gasteiger partial charge in [-0.1, -0.05) is 95.2 Å². The van der Waals surface area contributed by atoms with Crippen molar-refractivity contribution in [3.63, 3.8) is 0 Å². The second-order valence-corrected chi connectivity index (χ2v) is 23.0. The van der Waals surface area contributed by atoms with Crippen molar-refractivity contribution in [1.29, 1.82) is 0 Å². The van der Waals surface area contributed by atoms with Crippen LogP contribution >= 0.6 is 0 Å². The highest BCUT2D eigenvalue weighted by Crippen LogP contribution is 2.47. The molecule has 0 fully saturated rings. The molecule has 0 heterocycles. The van der Waals surface area contributed by atoms with Crippen molar-refractivity contribution >= 4 is 16.6 Å². The van der Waals surface area contributed by atoms with E-state index >= 15 is 0 Å². The average molecular weight is 501 g/mol. The second-order valence-electron chi connectivity index (χ2n) is 12.2. The summed E-state index contributed by atoms with van der Waals surface area (Å²) in [6.07, 6.45) is 15.5. The number of rotatable bonds is 13. The minimum atomic E-state index is -1.97. The van der Waals surface area contributed by atoms with Gasteiger partial charge in [-0.2, -0.15) is 0 Å². The second kappa shape index (κ2) is 11.8. The molecule has 0 aliphatic heterocycles. The Morgan fingerprint density at radius 1 is 0.559 bits per heavy atom. The molecule has 0 bridgehead atoms. The summed E-state index contributed by atoms with van der Waals surface area (Å²) in [5.41, 5.74) is 6.09. The first-order valence-corrected chi connectivity index (χ1v) is 18.1. The van der Waals surface area contributed by atoms with Crippen molar-refractivity contribution in [2.45, 2.75) is 142 Å². The van der Waals surface area contributed by atoms with E-state index in [1.165, 1.54) is 11.1 Å². The highest BCUT2D eigenvalue weighted by molar-refractivity contribution is 6.78. The first-order chi connectivity index (χ1) is 15.8. The van der Waals surface area contributed by atoms with Crippen LogP contribution < -0.4 is 0 Å². The van der Waals surface area contributed by atoms with Crippen LogP contribution in [0.25, 0.3) is 0 Å². The Balaban J connectivity index is 2.15. The number of allylic oxidation sites excluding steroid dienone is 6. The third-order valence-corrected chi connectivity index (χ3v) is 20.4. The maximum Gasteiger partial charge on any atom is 0.258 e. The summed E-state index contributed by atoms with van der Waals surface area (Å²) >= 11 is 0. The monoisotopic (exact) mass is 500 g/mol. The Kier molecular flexibility index (Phi) is 10.2. The molecule has 0 aromatic carbocycles. The van der Waals surface area contributed by atoms with Crippen molar-refractivity contribution < 1.29 is 8.85 Å². The quantitative estimate of drug-likeness (QED) is 0.234. The molecule has 2 nitrogen and oxygen atoms in total. The molecule has 0 saturated carbocycles. The minimum absolute atomic E-state index is 0.569. The Bertz CT molecular complexity index is 698. The zero-order valence-corrected chi connectivity index (χ0v) is 26.3. The van der Waals surface area contributed by atoms with Crippen LogP contribution in [-0.4, -0.2) is 16.6 Å².